The highest BCUT2D eigenvalue weighted by Crippen LogP contribution is 2.34. The molecule has 0 spiro atoms. The van der Waals surface area contributed by atoms with Crippen LogP contribution in [-0.2, 0) is 4.74 Å². The predicted octanol–water partition coefficient (Wildman–Crippen LogP) is 3.77. The summed E-state index contributed by atoms with van der Waals surface area (Å²) >= 11 is 10.5. The van der Waals surface area contributed by atoms with Gasteiger partial charge in [-0.25, -0.2) is 0 Å². The maximum absolute atomic E-state index is 12.0. The van der Waals surface area contributed by atoms with E-state index >= 15 is 0 Å². The van der Waals surface area contributed by atoms with Crippen LogP contribution in [0.25, 0.3) is 0 Å². The smallest absolute Gasteiger partial charge is 0.178 e. The molecule has 0 amide bonds. The van der Waals surface area contributed by atoms with Gasteiger partial charge in [0.25, 0.3) is 0 Å². The van der Waals surface area contributed by atoms with Gasteiger partial charge in [0.1, 0.15) is 4.34 Å². The van der Waals surface area contributed by atoms with Crippen molar-refractivity contribution in [3.05, 3.63) is 19.8 Å². The molecule has 0 bridgehead atoms. The Morgan fingerprint density at radius 3 is 2.93 bits per heavy atom. The number of halogens is 2. The fourth-order valence-corrected chi connectivity index (χ4v) is 3.39. The Labute approximate surface area is 106 Å². The van der Waals surface area contributed by atoms with Crippen LogP contribution < -0.4 is 0 Å². The van der Waals surface area contributed by atoms with Crippen molar-refractivity contribution in [1.82, 2.24) is 0 Å². The zero-order chi connectivity index (χ0) is 11.0. The van der Waals surface area contributed by atoms with Gasteiger partial charge in [0.2, 0.25) is 0 Å². The molecule has 0 aromatic carbocycles. The molecule has 5 heteroatoms. The number of hydrogen-bond donors (Lipinski definition) is 0. The molecule has 0 aliphatic carbocycles. The summed E-state index contributed by atoms with van der Waals surface area (Å²) in [5.41, 5.74) is 0. The van der Waals surface area contributed by atoms with E-state index in [2.05, 4.69) is 15.9 Å². The maximum atomic E-state index is 12.0. The van der Waals surface area contributed by atoms with E-state index in [0.29, 0.717) is 10.9 Å². The summed E-state index contributed by atoms with van der Waals surface area (Å²) in [6, 6.07) is 1.79. The second-order valence-electron chi connectivity index (χ2n) is 3.67. The second-order valence-corrected chi connectivity index (χ2v) is 6.18. The minimum atomic E-state index is 0.00150. The Balaban J connectivity index is 2.14. The molecule has 1 aliphatic heterocycles. The van der Waals surface area contributed by atoms with Gasteiger partial charge in [-0.1, -0.05) is 11.6 Å². The van der Waals surface area contributed by atoms with Crippen molar-refractivity contribution in [1.29, 1.82) is 0 Å². The average molecular weight is 310 g/mol. The van der Waals surface area contributed by atoms with Crippen molar-refractivity contribution in [2.24, 2.45) is 5.92 Å². The van der Waals surface area contributed by atoms with E-state index in [9.17, 15) is 4.79 Å². The fraction of sp³-hybridized carbons (Fsp3) is 0.500. The molecule has 2 heterocycles. The fourth-order valence-electron chi connectivity index (χ4n) is 1.67. The van der Waals surface area contributed by atoms with Crippen molar-refractivity contribution in [2.45, 2.75) is 19.4 Å². The zero-order valence-electron chi connectivity index (χ0n) is 8.13. The Morgan fingerprint density at radius 1 is 1.73 bits per heavy atom. The molecular formula is C10H10BrClO2S. The lowest BCUT2D eigenvalue weighted by atomic mass is 10.0. The first-order chi connectivity index (χ1) is 7.08. The third-order valence-corrected chi connectivity index (χ3v) is 4.95. The summed E-state index contributed by atoms with van der Waals surface area (Å²) in [6.45, 7) is 2.53. The predicted molar refractivity (Wildman–Crippen MR) is 64.9 cm³/mol. The number of Topliss-reactive ketones (excluding diaryl/α,β-unsaturated/α-hetero) is 1. The summed E-state index contributed by atoms with van der Waals surface area (Å²) in [4.78, 5) is 12.7. The summed E-state index contributed by atoms with van der Waals surface area (Å²) in [7, 11) is 0. The van der Waals surface area contributed by atoms with Crippen LogP contribution in [0.5, 0.6) is 0 Å². The lowest BCUT2D eigenvalue weighted by molar-refractivity contribution is 0.0881. The van der Waals surface area contributed by atoms with Gasteiger partial charge in [-0.05, 0) is 35.3 Å². The van der Waals surface area contributed by atoms with Gasteiger partial charge in [0, 0.05) is 10.4 Å². The molecule has 1 aliphatic rings. The number of carbonyl (C=O) groups is 1. The number of ether oxygens (including phenoxy) is 1. The molecule has 82 valence electrons. The molecule has 2 nitrogen and oxygen atoms in total. The Bertz CT molecular complexity index is 371. The van der Waals surface area contributed by atoms with Crippen LogP contribution in [0.2, 0.25) is 4.34 Å². The first-order valence-corrected chi connectivity index (χ1v) is 6.67. The largest absolute Gasteiger partial charge is 0.378 e. The lowest BCUT2D eigenvalue weighted by Crippen LogP contribution is -2.13. The SMILES string of the molecule is CC1CC(C(=O)c2cc(Br)c(Cl)s2)CO1. The van der Waals surface area contributed by atoms with E-state index in [-0.39, 0.29) is 17.8 Å². The lowest BCUT2D eigenvalue weighted by Gasteiger charge is -2.03. The van der Waals surface area contributed by atoms with E-state index in [1.165, 1.54) is 11.3 Å². The minimum Gasteiger partial charge on any atom is -0.378 e. The van der Waals surface area contributed by atoms with Gasteiger partial charge in [-0.15, -0.1) is 11.3 Å². The number of ketones is 1. The molecule has 1 fully saturated rings. The van der Waals surface area contributed by atoms with Crippen molar-refractivity contribution in [3.63, 3.8) is 0 Å². The van der Waals surface area contributed by atoms with Crippen molar-refractivity contribution < 1.29 is 9.53 Å². The standard InChI is InChI=1S/C10H10BrClO2S/c1-5-2-6(4-14-5)9(13)8-3-7(11)10(12)15-8/h3,5-6H,2,4H2,1H3. The first-order valence-electron chi connectivity index (χ1n) is 4.68. The minimum absolute atomic E-state index is 0.00150. The second kappa shape index (κ2) is 4.53. The topological polar surface area (TPSA) is 26.3 Å². The molecule has 0 radical (unpaired) electrons. The average Bonchev–Trinajstić information content (AvgIpc) is 2.74. The number of thiophene rings is 1. The van der Waals surface area contributed by atoms with Gasteiger partial charge >= 0.3 is 0 Å². The van der Waals surface area contributed by atoms with Crippen LogP contribution in [-0.4, -0.2) is 18.5 Å². The van der Waals surface area contributed by atoms with Crippen molar-refractivity contribution in [2.75, 3.05) is 6.61 Å². The Hall–Kier alpha value is 0.1000. The third kappa shape index (κ3) is 2.44. The number of rotatable bonds is 2. The third-order valence-electron chi connectivity index (χ3n) is 2.46. The van der Waals surface area contributed by atoms with E-state index < -0.39 is 0 Å². The summed E-state index contributed by atoms with van der Waals surface area (Å²) in [5, 5.41) is 0. The monoisotopic (exact) mass is 308 g/mol. The van der Waals surface area contributed by atoms with Gasteiger partial charge in [0.15, 0.2) is 5.78 Å². The Morgan fingerprint density at radius 2 is 2.47 bits per heavy atom. The van der Waals surface area contributed by atoms with E-state index in [4.69, 9.17) is 16.3 Å². The normalized spacial score (nSPS) is 25.8. The molecule has 2 unspecified atom stereocenters. The van der Waals surface area contributed by atoms with E-state index in [1.54, 1.807) is 6.07 Å². The van der Waals surface area contributed by atoms with Crippen LogP contribution in [0, 0.1) is 5.92 Å². The molecule has 2 atom stereocenters. The zero-order valence-corrected chi connectivity index (χ0v) is 11.3. The van der Waals surface area contributed by atoms with Gasteiger partial charge in [-0.2, -0.15) is 0 Å². The van der Waals surface area contributed by atoms with Crippen LogP contribution >= 0.6 is 38.9 Å². The van der Waals surface area contributed by atoms with Gasteiger partial charge in [0.05, 0.1) is 17.6 Å². The quantitative estimate of drug-likeness (QED) is 0.777. The van der Waals surface area contributed by atoms with Crippen molar-refractivity contribution >= 4 is 44.7 Å². The summed E-state index contributed by atoms with van der Waals surface area (Å²) in [5.74, 6) is 0.151. The molecule has 1 saturated heterocycles. The van der Waals surface area contributed by atoms with Crippen LogP contribution in [0.4, 0.5) is 0 Å². The molecule has 0 N–H and O–H groups in total. The highest BCUT2D eigenvalue weighted by Gasteiger charge is 2.30. The maximum Gasteiger partial charge on any atom is 0.178 e. The molecule has 0 saturated carbocycles. The van der Waals surface area contributed by atoms with Crippen molar-refractivity contribution in [3.8, 4) is 0 Å². The van der Waals surface area contributed by atoms with Crippen LogP contribution in [0.1, 0.15) is 23.0 Å². The van der Waals surface area contributed by atoms with E-state index in [1.807, 2.05) is 6.92 Å². The van der Waals surface area contributed by atoms with Crippen LogP contribution in [0.3, 0.4) is 0 Å². The molecule has 1 aromatic heterocycles. The summed E-state index contributed by atoms with van der Waals surface area (Å²) in [6.07, 6.45) is 1.00. The molecule has 15 heavy (non-hydrogen) atoms. The van der Waals surface area contributed by atoms with Gasteiger partial charge < -0.3 is 4.74 Å². The van der Waals surface area contributed by atoms with E-state index in [0.717, 1.165) is 15.8 Å². The molecule has 1 aromatic rings. The highest BCUT2D eigenvalue weighted by molar-refractivity contribution is 9.10. The highest BCUT2D eigenvalue weighted by atomic mass is 79.9. The first kappa shape index (κ1) is 11.6. The number of carbonyl (C=O) groups excluding carboxylic acids is 1. The number of hydrogen-bond acceptors (Lipinski definition) is 3. The molecular weight excluding hydrogens is 300 g/mol. The summed E-state index contributed by atoms with van der Waals surface area (Å²) < 4.78 is 6.81. The van der Waals surface area contributed by atoms with Gasteiger partial charge in [-0.3, -0.25) is 4.79 Å². The molecule has 2 rings (SSSR count). The van der Waals surface area contributed by atoms with Crippen LogP contribution in [0.15, 0.2) is 10.5 Å². The Kier molecular flexibility index (Phi) is 3.50.